The van der Waals surface area contributed by atoms with Crippen LogP contribution in [0.25, 0.3) is 0 Å². The summed E-state index contributed by atoms with van der Waals surface area (Å²) in [5.41, 5.74) is -5.87. The molecule has 0 bridgehead atoms. The highest BCUT2D eigenvalue weighted by atomic mass is 32.2. The molecule has 2 fully saturated rings. The second kappa shape index (κ2) is 10.1. The van der Waals surface area contributed by atoms with Crippen LogP contribution in [0.5, 0.6) is 0 Å². The van der Waals surface area contributed by atoms with Crippen LogP contribution in [0.3, 0.4) is 0 Å². The maximum Gasteiger partial charge on any atom is 0.428 e. The van der Waals surface area contributed by atoms with E-state index in [2.05, 4.69) is 4.98 Å². The third-order valence-corrected chi connectivity index (χ3v) is 11.1. The van der Waals surface area contributed by atoms with Gasteiger partial charge in [0.25, 0.3) is 0 Å². The van der Waals surface area contributed by atoms with Gasteiger partial charge in [0, 0.05) is 19.2 Å². The highest BCUT2D eigenvalue weighted by molar-refractivity contribution is 7.92. The van der Waals surface area contributed by atoms with Crippen LogP contribution in [0, 0.1) is 5.82 Å². The van der Waals surface area contributed by atoms with E-state index in [4.69, 9.17) is 0 Å². The van der Waals surface area contributed by atoms with Gasteiger partial charge in [-0.1, -0.05) is 0 Å². The monoisotopic (exact) mass is 630 g/mol. The first-order chi connectivity index (χ1) is 19.8. The zero-order valence-electron chi connectivity index (χ0n) is 23.7. The maximum atomic E-state index is 14.9. The first kappa shape index (κ1) is 31.1. The van der Waals surface area contributed by atoms with Gasteiger partial charge in [0.1, 0.15) is 10.6 Å². The lowest BCUT2D eigenvalue weighted by molar-refractivity contribution is -0.230. The average Bonchev–Trinajstić information content (AvgIpc) is 3.48. The Bertz CT molecular complexity index is 1560. The van der Waals surface area contributed by atoms with Gasteiger partial charge in [0.05, 0.1) is 35.3 Å². The number of sulfone groups is 1. The Kier molecular flexibility index (Phi) is 7.31. The van der Waals surface area contributed by atoms with Crippen molar-refractivity contribution >= 4 is 21.8 Å². The molecule has 1 N–H and O–H groups in total. The van der Waals surface area contributed by atoms with Crippen LogP contribution in [-0.2, 0) is 31.5 Å². The van der Waals surface area contributed by atoms with Crippen LogP contribution in [0.4, 0.5) is 26.7 Å². The normalized spacial score (nSPS) is 24.2. The topological polar surface area (TPSA) is 111 Å². The summed E-state index contributed by atoms with van der Waals surface area (Å²) < 4.78 is 96.1. The predicted octanol–water partition coefficient (Wildman–Crippen LogP) is 4.00. The lowest BCUT2D eigenvalue weighted by Gasteiger charge is -2.43. The molecule has 2 aliphatic heterocycles. The predicted molar refractivity (Wildman–Crippen MR) is 142 cm³/mol. The SMILES string of the molecule is CC(C)(O)CN1C(=O)CCN1C(=O)N1CCC2(S(=O)(=O)c3ccc(F)cc3)c3cnc(C(C)(F)C(F)(F)F)cc3CCC12. The van der Waals surface area contributed by atoms with Crippen molar-refractivity contribution in [2.24, 2.45) is 0 Å². The second-order valence-corrected chi connectivity index (χ2v) is 14.2. The molecule has 3 heterocycles. The van der Waals surface area contributed by atoms with Crippen LogP contribution >= 0.6 is 0 Å². The molecule has 234 valence electrons. The Morgan fingerprint density at radius 1 is 1.09 bits per heavy atom. The molecule has 1 aromatic heterocycles. The first-order valence-electron chi connectivity index (χ1n) is 13.7. The maximum absolute atomic E-state index is 14.9. The molecule has 15 heteroatoms. The summed E-state index contributed by atoms with van der Waals surface area (Å²) in [5.74, 6) is -1.09. The number of aromatic nitrogens is 1. The fourth-order valence-electron chi connectivity index (χ4n) is 6.33. The van der Waals surface area contributed by atoms with E-state index in [0.29, 0.717) is 6.92 Å². The summed E-state index contributed by atoms with van der Waals surface area (Å²) in [5, 5.41) is 12.6. The minimum atomic E-state index is -5.28. The summed E-state index contributed by atoms with van der Waals surface area (Å²) >= 11 is 0. The molecular formula is C28H31F5N4O5S. The standard InChI is InChI=1S/C28H31F5N4O5S/c1-25(2,40)16-37-23(38)10-12-36(37)24(39)35-13-11-27(43(41,42)19-7-5-18(29)6-8-19)20-15-34-21(26(3,30)28(31,32)33)14-17(20)4-9-22(27)35/h5-8,14-15,22,40H,4,9-13,16H2,1-3H3. The largest absolute Gasteiger partial charge is 0.428 e. The van der Waals surface area contributed by atoms with E-state index >= 15 is 0 Å². The van der Waals surface area contributed by atoms with Gasteiger partial charge < -0.3 is 10.0 Å². The van der Waals surface area contributed by atoms with Crippen LogP contribution < -0.4 is 0 Å². The number of benzene rings is 1. The van der Waals surface area contributed by atoms with Gasteiger partial charge in [-0.3, -0.25) is 9.78 Å². The van der Waals surface area contributed by atoms with Crippen molar-refractivity contribution in [2.75, 3.05) is 19.6 Å². The number of likely N-dealkylation sites (tertiary alicyclic amines) is 1. The number of carbonyl (C=O) groups is 2. The Balaban J connectivity index is 1.62. The summed E-state index contributed by atoms with van der Waals surface area (Å²) in [6.07, 6.45) is -4.52. The zero-order chi connectivity index (χ0) is 31.8. The molecule has 0 spiro atoms. The van der Waals surface area contributed by atoms with E-state index in [9.17, 15) is 45.1 Å². The molecule has 3 atom stereocenters. The molecule has 3 amide bonds. The van der Waals surface area contributed by atoms with Gasteiger partial charge in [-0.05, 0) is 81.5 Å². The number of aryl methyl sites for hydroxylation is 1. The zero-order valence-corrected chi connectivity index (χ0v) is 24.5. The number of alkyl halides is 4. The molecule has 2 aromatic rings. The number of hydrogen-bond acceptors (Lipinski definition) is 6. The lowest BCUT2D eigenvalue weighted by atomic mass is 9.79. The number of halogens is 5. The van der Waals surface area contributed by atoms with Gasteiger partial charge in [-0.15, -0.1) is 0 Å². The van der Waals surface area contributed by atoms with Crippen molar-refractivity contribution in [3.05, 3.63) is 59.2 Å². The summed E-state index contributed by atoms with van der Waals surface area (Å²) in [6.45, 7) is 2.99. The number of pyridine rings is 1. The number of hydrazine groups is 1. The van der Waals surface area contributed by atoms with Gasteiger partial charge in [-0.25, -0.2) is 32.0 Å². The highest BCUT2D eigenvalue weighted by Gasteiger charge is 2.62. The Labute approximate surface area is 245 Å². The van der Waals surface area contributed by atoms with E-state index in [1.807, 2.05) is 0 Å². The molecule has 0 saturated carbocycles. The average molecular weight is 631 g/mol. The third kappa shape index (κ3) is 4.93. The number of aliphatic hydroxyl groups is 1. The molecule has 1 aromatic carbocycles. The molecule has 2 saturated heterocycles. The summed E-state index contributed by atoms with van der Waals surface area (Å²) in [4.78, 5) is 31.4. The molecule has 5 rings (SSSR count). The van der Waals surface area contributed by atoms with Gasteiger partial charge in [-0.2, -0.15) is 13.2 Å². The Morgan fingerprint density at radius 3 is 2.35 bits per heavy atom. The number of fused-ring (bicyclic) bond motifs is 3. The van der Waals surface area contributed by atoms with Crippen LogP contribution in [0.2, 0.25) is 0 Å². The second-order valence-electron chi connectivity index (χ2n) is 12.0. The van der Waals surface area contributed by atoms with Gasteiger partial charge >= 0.3 is 12.2 Å². The van der Waals surface area contributed by atoms with E-state index in [1.54, 1.807) is 0 Å². The van der Waals surface area contributed by atoms with Crippen molar-refractivity contribution in [1.82, 2.24) is 19.9 Å². The Hall–Kier alpha value is -3.33. The van der Waals surface area contributed by atoms with Crippen LogP contribution in [0.15, 0.2) is 41.4 Å². The molecular weight excluding hydrogens is 599 g/mol. The van der Waals surface area contributed by atoms with E-state index < -0.39 is 61.5 Å². The third-order valence-electron chi connectivity index (χ3n) is 8.51. The quantitative estimate of drug-likeness (QED) is 0.395. The van der Waals surface area contributed by atoms with Gasteiger partial charge in [0.2, 0.25) is 11.6 Å². The fourth-order valence-corrected chi connectivity index (χ4v) is 8.68. The number of carbonyl (C=O) groups excluding carboxylic acids is 2. The first-order valence-corrected chi connectivity index (χ1v) is 15.2. The van der Waals surface area contributed by atoms with E-state index in [0.717, 1.165) is 46.5 Å². The molecule has 3 aliphatic rings. The van der Waals surface area contributed by atoms with Crippen molar-refractivity contribution in [3.63, 3.8) is 0 Å². The van der Waals surface area contributed by atoms with Crippen LogP contribution in [0.1, 0.15) is 56.9 Å². The number of amides is 3. The number of urea groups is 1. The fraction of sp³-hybridized carbons (Fsp3) is 0.536. The smallest absolute Gasteiger partial charge is 0.389 e. The molecule has 0 radical (unpaired) electrons. The van der Waals surface area contributed by atoms with Crippen molar-refractivity contribution in [1.29, 1.82) is 0 Å². The minimum absolute atomic E-state index is 0.00268. The van der Waals surface area contributed by atoms with Crippen molar-refractivity contribution in [3.8, 4) is 0 Å². The summed E-state index contributed by atoms with van der Waals surface area (Å²) in [7, 11) is -4.47. The van der Waals surface area contributed by atoms with Gasteiger partial charge in [0.15, 0.2) is 9.84 Å². The molecule has 3 unspecified atom stereocenters. The van der Waals surface area contributed by atoms with E-state index in [1.165, 1.54) is 18.7 Å². The number of nitrogens with zero attached hydrogens (tertiary/aromatic N) is 4. The lowest BCUT2D eigenvalue weighted by Crippen LogP contribution is -2.57. The molecule has 43 heavy (non-hydrogen) atoms. The number of rotatable bonds is 5. The molecule has 1 aliphatic carbocycles. The van der Waals surface area contributed by atoms with Crippen molar-refractivity contribution in [2.45, 2.75) is 79.6 Å². The Morgan fingerprint density at radius 2 is 1.74 bits per heavy atom. The highest BCUT2D eigenvalue weighted by Crippen LogP contribution is 2.53. The number of β-amino-alcohol motifs (C(OH)–C–C–N with tert-alkyl or cyclic N) is 1. The van der Waals surface area contributed by atoms with Crippen molar-refractivity contribution < 1.29 is 45.1 Å². The van der Waals surface area contributed by atoms with Crippen LogP contribution in [-0.4, -0.2) is 82.8 Å². The summed E-state index contributed by atoms with van der Waals surface area (Å²) in [6, 6.07) is 3.28. The molecule has 9 nitrogen and oxygen atoms in total. The minimum Gasteiger partial charge on any atom is -0.389 e. The van der Waals surface area contributed by atoms with E-state index in [-0.39, 0.29) is 61.3 Å². The number of hydrogen-bond donors (Lipinski definition) is 1.